The summed E-state index contributed by atoms with van der Waals surface area (Å²) in [6.45, 7) is -0.844. The van der Waals surface area contributed by atoms with Gasteiger partial charge in [-0.2, -0.15) is 13.2 Å². The van der Waals surface area contributed by atoms with Gasteiger partial charge in [0.25, 0.3) is 0 Å². The van der Waals surface area contributed by atoms with Crippen LogP contribution in [0.3, 0.4) is 0 Å². The molecule has 88 valence electrons. The molecular formula is C8H13F3N2O2. The zero-order valence-corrected chi connectivity index (χ0v) is 8.01. The lowest BCUT2D eigenvalue weighted by atomic mass is 9.82. The monoisotopic (exact) mass is 226 g/mol. The highest BCUT2D eigenvalue weighted by atomic mass is 19.4. The summed E-state index contributed by atoms with van der Waals surface area (Å²) in [6.07, 6.45) is -4.44. The van der Waals surface area contributed by atoms with Gasteiger partial charge in [0.05, 0.1) is 0 Å². The molecule has 0 saturated heterocycles. The van der Waals surface area contributed by atoms with Gasteiger partial charge >= 0.3 is 12.3 Å². The lowest BCUT2D eigenvalue weighted by Gasteiger charge is -2.33. The maximum absolute atomic E-state index is 11.7. The third-order valence-corrected chi connectivity index (χ3v) is 2.23. The smallest absolute Gasteiger partial charge is 0.407 e. The second kappa shape index (κ2) is 4.69. The summed E-state index contributed by atoms with van der Waals surface area (Å²) in [5.41, 5.74) is 5.34. The summed E-state index contributed by atoms with van der Waals surface area (Å²) in [7, 11) is 0. The van der Waals surface area contributed by atoms with Crippen molar-refractivity contribution in [3.63, 3.8) is 0 Å². The third-order valence-electron chi connectivity index (χ3n) is 2.23. The van der Waals surface area contributed by atoms with Gasteiger partial charge in [-0.1, -0.05) is 0 Å². The van der Waals surface area contributed by atoms with Crippen molar-refractivity contribution in [1.29, 1.82) is 0 Å². The van der Waals surface area contributed by atoms with Crippen molar-refractivity contribution in [1.82, 2.24) is 5.32 Å². The molecule has 0 aromatic carbocycles. The number of alkyl halides is 3. The molecule has 15 heavy (non-hydrogen) atoms. The van der Waals surface area contributed by atoms with Gasteiger partial charge in [0.1, 0.15) is 12.6 Å². The van der Waals surface area contributed by atoms with Gasteiger partial charge in [-0.05, 0) is 25.3 Å². The Morgan fingerprint density at radius 3 is 2.53 bits per heavy atom. The molecule has 0 bridgehead atoms. The Morgan fingerprint density at radius 2 is 2.07 bits per heavy atom. The largest absolute Gasteiger partial charge is 0.446 e. The Morgan fingerprint density at radius 1 is 1.47 bits per heavy atom. The maximum atomic E-state index is 11.7. The number of nitrogens with one attached hydrogen (secondary N) is 1. The number of alkyl carbamates (subject to hydrolysis) is 1. The van der Waals surface area contributed by atoms with Crippen molar-refractivity contribution in [3.8, 4) is 0 Å². The average molecular weight is 226 g/mol. The Balaban J connectivity index is 2.10. The van der Waals surface area contributed by atoms with Crippen LogP contribution in [0.4, 0.5) is 18.0 Å². The minimum Gasteiger partial charge on any atom is -0.446 e. The van der Waals surface area contributed by atoms with Gasteiger partial charge < -0.3 is 15.8 Å². The van der Waals surface area contributed by atoms with Crippen LogP contribution in [0.5, 0.6) is 0 Å². The van der Waals surface area contributed by atoms with Crippen LogP contribution < -0.4 is 11.1 Å². The van der Waals surface area contributed by atoms with E-state index < -0.39 is 18.8 Å². The summed E-state index contributed by atoms with van der Waals surface area (Å²) in [6, 6.07) is 0. The van der Waals surface area contributed by atoms with E-state index in [1.165, 1.54) is 0 Å². The van der Waals surface area contributed by atoms with E-state index in [0.717, 1.165) is 0 Å². The molecule has 1 aliphatic rings. The predicted octanol–water partition coefficient (Wildman–Crippen LogP) is 1.01. The minimum absolute atomic E-state index is 0.285. The lowest BCUT2D eigenvalue weighted by Crippen LogP contribution is -2.41. The fourth-order valence-electron chi connectivity index (χ4n) is 1.33. The normalized spacial score (nSPS) is 25.6. The Hall–Kier alpha value is -0.980. The van der Waals surface area contributed by atoms with E-state index in [1.54, 1.807) is 5.32 Å². The number of halogens is 3. The molecule has 1 amide bonds. The molecule has 4 nitrogen and oxygen atoms in total. The number of rotatable bonds is 3. The van der Waals surface area contributed by atoms with Crippen molar-refractivity contribution < 1.29 is 22.7 Å². The van der Waals surface area contributed by atoms with Crippen LogP contribution in [0.2, 0.25) is 0 Å². The fourth-order valence-corrected chi connectivity index (χ4v) is 1.33. The van der Waals surface area contributed by atoms with Crippen LogP contribution >= 0.6 is 0 Å². The second-order valence-corrected chi connectivity index (χ2v) is 3.57. The molecule has 1 aliphatic carbocycles. The first-order chi connectivity index (χ1) is 6.90. The molecule has 0 radical (unpaired) electrons. The summed E-state index contributed by atoms with van der Waals surface area (Å²) >= 11 is 0. The van der Waals surface area contributed by atoms with E-state index >= 15 is 0 Å². The molecule has 0 aromatic heterocycles. The highest BCUT2D eigenvalue weighted by Crippen LogP contribution is 2.28. The van der Waals surface area contributed by atoms with Gasteiger partial charge in [-0.3, -0.25) is 0 Å². The first-order valence-corrected chi connectivity index (χ1v) is 4.62. The highest BCUT2D eigenvalue weighted by molar-refractivity contribution is 5.67. The molecule has 3 N–H and O–H groups in total. The van der Waals surface area contributed by atoms with Crippen LogP contribution in [0.1, 0.15) is 12.8 Å². The molecule has 1 fully saturated rings. The van der Waals surface area contributed by atoms with Crippen LogP contribution in [0.15, 0.2) is 0 Å². The molecule has 0 unspecified atom stereocenters. The number of ether oxygens (including phenoxy) is 1. The SMILES string of the molecule is NCC1CC(OC(=O)NCC(F)(F)F)C1. The van der Waals surface area contributed by atoms with Crippen molar-refractivity contribution in [2.24, 2.45) is 11.7 Å². The highest BCUT2D eigenvalue weighted by Gasteiger charge is 2.32. The van der Waals surface area contributed by atoms with Crippen molar-refractivity contribution in [2.45, 2.75) is 25.1 Å². The van der Waals surface area contributed by atoms with E-state index in [4.69, 9.17) is 10.5 Å². The zero-order chi connectivity index (χ0) is 11.5. The van der Waals surface area contributed by atoms with E-state index in [2.05, 4.69) is 0 Å². The molecule has 7 heteroatoms. The molecule has 0 aromatic rings. The molecular weight excluding hydrogens is 213 g/mol. The Labute approximate surface area is 84.9 Å². The van der Waals surface area contributed by atoms with E-state index in [1.807, 2.05) is 0 Å². The number of hydrogen-bond donors (Lipinski definition) is 2. The van der Waals surface area contributed by atoms with Crippen LogP contribution in [0, 0.1) is 5.92 Å². The topological polar surface area (TPSA) is 64.3 Å². The van der Waals surface area contributed by atoms with Crippen LogP contribution in [0.25, 0.3) is 0 Å². The predicted molar refractivity (Wildman–Crippen MR) is 46.1 cm³/mol. The van der Waals surface area contributed by atoms with Crippen molar-refractivity contribution in [3.05, 3.63) is 0 Å². The summed E-state index contributed by atoms with van der Waals surface area (Å²) < 4.78 is 39.7. The molecule has 0 aliphatic heterocycles. The summed E-state index contributed by atoms with van der Waals surface area (Å²) in [4.78, 5) is 10.8. The summed E-state index contributed by atoms with van der Waals surface area (Å²) in [5, 5.41) is 1.64. The van der Waals surface area contributed by atoms with Crippen molar-refractivity contribution in [2.75, 3.05) is 13.1 Å². The van der Waals surface area contributed by atoms with Gasteiger partial charge in [0.15, 0.2) is 0 Å². The van der Waals surface area contributed by atoms with Gasteiger partial charge in [-0.25, -0.2) is 4.79 Å². The number of hydrogen-bond acceptors (Lipinski definition) is 3. The maximum Gasteiger partial charge on any atom is 0.407 e. The lowest BCUT2D eigenvalue weighted by molar-refractivity contribution is -0.124. The average Bonchev–Trinajstić information content (AvgIpc) is 2.06. The number of nitrogens with two attached hydrogens (primary N) is 1. The third kappa shape index (κ3) is 4.37. The standard InChI is InChI=1S/C8H13F3N2O2/c9-8(10,11)4-13-7(14)15-6-1-5(2-6)3-12/h5-6H,1-4,12H2,(H,13,14). The Kier molecular flexibility index (Phi) is 3.78. The minimum atomic E-state index is -4.40. The summed E-state index contributed by atoms with van der Waals surface area (Å²) in [5.74, 6) is 0.324. The number of amides is 1. The van der Waals surface area contributed by atoms with E-state index in [-0.39, 0.29) is 6.10 Å². The Bertz CT molecular complexity index is 226. The second-order valence-electron chi connectivity index (χ2n) is 3.57. The van der Waals surface area contributed by atoms with E-state index in [9.17, 15) is 18.0 Å². The number of carbonyl (C=O) groups excluding carboxylic acids is 1. The molecule has 0 spiro atoms. The first-order valence-electron chi connectivity index (χ1n) is 4.62. The van der Waals surface area contributed by atoms with Crippen LogP contribution in [-0.2, 0) is 4.74 Å². The molecule has 0 heterocycles. The molecule has 1 rings (SSSR count). The molecule has 0 atom stereocenters. The number of carbonyl (C=O) groups is 1. The first kappa shape index (κ1) is 12.1. The molecule has 1 saturated carbocycles. The fraction of sp³-hybridized carbons (Fsp3) is 0.875. The quantitative estimate of drug-likeness (QED) is 0.754. The van der Waals surface area contributed by atoms with Gasteiger partial charge in [-0.15, -0.1) is 0 Å². The van der Waals surface area contributed by atoms with Crippen molar-refractivity contribution >= 4 is 6.09 Å². The van der Waals surface area contributed by atoms with Gasteiger partial charge in [0.2, 0.25) is 0 Å². The van der Waals surface area contributed by atoms with Gasteiger partial charge in [0, 0.05) is 0 Å². The van der Waals surface area contributed by atoms with Crippen LogP contribution in [-0.4, -0.2) is 31.5 Å². The van der Waals surface area contributed by atoms with E-state index in [0.29, 0.717) is 25.3 Å². The zero-order valence-electron chi connectivity index (χ0n) is 8.01.